The molecule has 3 aromatic rings. The van der Waals surface area contributed by atoms with Gasteiger partial charge < -0.3 is 14.4 Å². The molecule has 6 nitrogen and oxygen atoms in total. The summed E-state index contributed by atoms with van der Waals surface area (Å²) in [6, 6.07) is 12.1. The molecule has 0 spiro atoms. The molecule has 41 heavy (non-hydrogen) atoms. The van der Waals surface area contributed by atoms with Gasteiger partial charge in [0.1, 0.15) is 28.9 Å². The molecule has 1 fully saturated rings. The SMILES string of the molecule is COc1ccc(C(F)(F)F)cc1N1C(C2CCN(c3ccc(F)c(C)c3)CC2)=Nc2c(F)cccc2C1OC(C)=O. The maximum atomic E-state index is 15.1. The number of rotatable bonds is 5. The molecule has 216 valence electrons. The number of nitrogens with zero attached hydrogens (tertiary/aromatic N) is 3. The van der Waals surface area contributed by atoms with Crippen molar-refractivity contribution in [1.29, 1.82) is 0 Å². The van der Waals surface area contributed by atoms with Crippen molar-refractivity contribution in [2.24, 2.45) is 10.9 Å². The molecule has 2 aliphatic heterocycles. The van der Waals surface area contributed by atoms with E-state index in [0.717, 1.165) is 17.8 Å². The third kappa shape index (κ3) is 5.57. The Kier molecular flexibility index (Phi) is 7.63. The fourth-order valence-electron chi connectivity index (χ4n) is 5.36. The molecule has 3 aromatic carbocycles. The molecule has 2 aliphatic rings. The number of hydrogen-bond donors (Lipinski definition) is 0. The molecule has 0 radical (unpaired) electrons. The van der Waals surface area contributed by atoms with Gasteiger partial charge in [-0.15, -0.1) is 0 Å². The number of ether oxygens (including phenoxy) is 2. The lowest BCUT2D eigenvalue weighted by atomic mass is 9.91. The third-order valence-corrected chi connectivity index (χ3v) is 7.40. The molecule has 0 amide bonds. The summed E-state index contributed by atoms with van der Waals surface area (Å²) in [7, 11) is 1.32. The van der Waals surface area contributed by atoms with Crippen LogP contribution in [0.3, 0.4) is 0 Å². The van der Waals surface area contributed by atoms with Crippen LogP contribution in [0.5, 0.6) is 5.75 Å². The monoisotopic (exact) mass is 573 g/mol. The zero-order valence-electron chi connectivity index (χ0n) is 22.6. The van der Waals surface area contributed by atoms with Crippen LogP contribution in [0.15, 0.2) is 59.6 Å². The largest absolute Gasteiger partial charge is 0.495 e. The number of fused-ring (bicyclic) bond motifs is 1. The van der Waals surface area contributed by atoms with E-state index in [1.54, 1.807) is 19.1 Å². The van der Waals surface area contributed by atoms with Gasteiger partial charge in [0.05, 0.1) is 18.4 Å². The molecule has 11 heteroatoms. The second kappa shape index (κ2) is 11.0. The number of anilines is 2. The number of hydrogen-bond acceptors (Lipinski definition) is 6. The van der Waals surface area contributed by atoms with Crippen LogP contribution < -0.4 is 14.5 Å². The second-order valence-electron chi connectivity index (χ2n) is 10.1. The zero-order chi connectivity index (χ0) is 29.5. The van der Waals surface area contributed by atoms with Gasteiger partial charge in [0.25, 0.3) is 0 Å². The van der Waals surface area contributed by atoms with E-state index in [0.29, 0.717) is 31.5 Å². The summed E-state index contributed by atoms with van der Waals surface area (Å²) in [5, 5.41) is 0. The van der Waals surface area contributed by atoms with Crippen molar-refractivity contribution in [3.63, 3.8) is 0 Å². The van der Waals surface area contributed by atoms with Crippen molar-refractivity contribution in [3.8, 4) is 5.75 Å². The highest BCUT2D eigenvalue weighted by molar-refractivity contribution is 6.04. The Morgan fingerprint density at radius 1 is 1.00 bits per heavy atom. The Hall–Kier alpha value is -4.15. The number of methoxy groups -OCH3 is 1. The van der Waals surface area contributed by atoms with Crippen molar-refractivity contribution in [1.82, 2.24) is 0 Å². The summed E-state index contributed by atoms with van der Waals surface area (Å²) in [5.74, 6) is -1.62. The molecule has 0 aromatic heterocycles. The molecular weight excluding hydrogens is 545 g/mol. The van der Waals surface area contributed by atoms with Crippen LogP contribution in [-0.4, -0.2) is 32.0 Å². The number of amidine groups is 1. The summed E-state index contributed by atoms with van der Waals surface area (Å²) in [6.07, 6.45) is -4.94. The molecule has 0 N–H and O–H groups in total. The number of aliphatic imine (C=N–C) groups is 1. The van der Waals surface area contributed by atoms with Crippen molar-refractivity contribution < 1.29 is 36.2 Å². The fraction of sp³-hybridized carbons (Fsp3) is 0.333. The number of benzene rings is 3. The fourth-order valence-corrected chi connectivity index (χ4v) is 5.36. The van der Waals surface area contributed by atoms with Crippen LogP contribution in [0.2, 0.25) is 0 Å². The van der Waals surface area contributed by atoms with E-state index in [1.807, 2.05) is 0 Å². The average Bonchev–Trinajstić information content (AvgIpc) is 2.94. The number of para-hydroxylation sites is 1. The van der Waals surface area contributed by atoms with Crippen LogP contribution in [0.4, 0.5) is 39.0 Å². The number of carbonyl (C=O) groups is 1. The number of alkyl halides is 3. The van der Waals surface area contributed by atoms with E-state index in [2.05, 4.69) is 9.89 Å². The van der Waals surface area contributed by atoms with Crippen molar-refractivity contribution in [3.05, 3.63) is 82.9 Å². The van der Waals surface area contributed by atoms with Gasteiger partial charge in [-0.3, -0.25) is 9.69 Å². The predicted octanol–water partition coefficient (Wildman–Crippen LogP) is 7.33. The number of piperidine rings is 1. The summed E-state index contributed by atoms with van der Waals surface area (Å²) in [5.41, 5.74) is 0.577. The molecular formula is C30H28F5N3O3. The Bertz CT molecular complexity index is 1500. The van der Waals surface area contributed by atoms with E-state index in [1.165, 1.54) is 49.3 Å². The Morgan fingerprint density at radius 2 is 1.73 bits per heavy atom. The average molecular weight is 574 g/mol. The molecule has 1 atom stereocenters. The highest BCUT2D eigenvalue weighted by Gasteiger charge is 2.41. The molecule has 0 aliphatic carbocycles. The van der Waals surface area contributed by atoms with Crippen molar-refractivity contribution in [2.45, 2.75) is 39.1 Å². The van der Waals surface area contributed by atoms with Gasteiger partial charge in [0, 0.05) is 37.2 Å². The first-order chi connectivity index (χ1) is 19.5. The lowest BCUT2D eigenvalue weighted by Crippen LogP contribution is -2.47. The maximum Gasteiger partial charge on any atom is 0.416 e. The van der Waals surface area contributed by atoms with Crippen molar-refractivity contribution >= 4 is 28.9 Å². The Balaban J connectivity index is 1.61. The number of esters is 1. The molecule has 1 unspecified atom stereocenters. The number of aryl methyl sites for hydroxylation is 1. The minimum atomic E-state index is -4.66. The highest BCUT2D eigenvalue weighted by atomic mass is 19.4. The normalized spacial score (nSPS) is 17.7. The minimum absolute atomic E-state index is 0.0150. The van der Waals surface area contributed by atoms with Crippen LogP contribution in [0.25, 0.3) is 0 Å². The topological polar surface area (TPSA) is 54.4 Å². The van der Waals surface area contributed by atoms with Crippen LogP contribution in [0, 0.1) is 24.5 Å². The highest BCUT2D eigenvalue weighted by Crippen LogP contribution is 2.46. The second-order valence-corrected chi connectivity index (χ2v) is 10.1. The number of halogens is 5. The number of carbonyl (C=O) groups excluding carboxylic acids is 1. The first-order valence-corrected chi connectivity index (χ1v) is 13.1. The van der Waals surface area contributed by atoms with E-state index in [9.17, 15) is 22.4 Å². The predicted molar refractivity (Wildman–Crippen MR) is 145 cm³/mol. The van der Waals surface area contributed by atoms with Crippen molar-refractivity contribution in [2.75, 3.05) is 30.0 Å². The Morgan fingerprint density at radius 3 is 2.37 bits per heavy atom. The third-order valence-electron chi connectivity index (χ3n) is 7.40. The quantitative estimate of drug-likeness (QED) is 0.236. The van der Waals surface area contributed by atoms with Gasteiger partial charge in [-0.1, -0.05) is 12.1 Å². The van der Waals surface area contributed by atoms with Gasteiger partial charge >= 0.3 is 12.1 Å². The molecule has 5 rings (SSSR count). The van der Waals surface area contributed by atoms with Gasteiger partial charge in [-0.25, -0.2) is 13.8 Å². The van der Waals surface area contributed by atoms with Crippen LogP contribution in [-0.2, 0) is 15.7 Å². The summed E-state index contributed by atoms with van der Waals surface area (Å²) < 4.78 is 81.5. The van der Waals surface area contributed by atoms with Crippen LogP contribution >= 0.6 is 0 Å². The van der Waals surface area contributed by atoms with E-state index in [-0.39, 0.29) is 40.3 Å². The summed E-state index contributed by atoms with van der Waals surface area (Å²) >= 11 is 0. The molecule has 0 saturated carbocycles. The lowest BCUT2D eigenvalue weighted by molar-refractivity contribution is -0.146. The van der Waals surface area contributed by atoms with E-state index < -0.39 is 29.8 Å². The van der Waals surface area contributed by atoms with E-state index in [4.69, 9.17) is 9.47 Å². The Labute approximate surface area is 234 Å². The van der Waals surface area contributed by atoms with Gasteiger partial charge in [-0.2, -0.15) is 13.2 Å². The lowest BCUT2D eigenvalue weighted by Gasteiger charge is -2.43. The van der Waals surface area contributed by atoms with Gasteiger partial charge in [0.15, 0.2) is 0 Å². The van der Waals surface area contributed by atoms with Crippen LogP contribution in [0.1, 0.15) is 42.7 Å². The standard InChI is InChI=1S/C30H28F5N3O3/c1-17-15-21(8-9-23(17)31)37-13-11-19(12-14-37)28-36-27-22(5-4-6-24(27)32)29(41-18(2)39)38(28)25-16-20(30(33,34)35)7-10-26(25)40-3/h4-10,15-16,19,29H,11-14H2,1-3H3. The first-order valence-electron chi connectivity index (χ1n) is 13.1. The minimum Gasteiger partial charge on any atom is -0.495 e. The van der Waals surface area contributed by atoms with E-state index >= 15 is 4.39 Å². The maximum absolute atomic E-state index is 15.1. The van der Waals surface area contributed by atoms with Gasteiger partial charge in [-0.05, 0) is 67.8 Å². The first kappa shape index (κ1) is 28.4. The molecule has 2 heterocycles. The summed E-state index contributed by atoms with van der Waals surface area (Å²) in [4.78, 5) is 20.4. The zero-order valence-corrected chi connectivity index (χ0v) is 22.6. The molecule has 0 bridgehead atoms. The summed E-state index contributed by atoms with van der Waals surface area (Å²) in [6.45, 7) is 3.92. The smallest absolute Gasteiger partial charge is 0.416 e. The van der Waals surface area contributed by atoms with Gasteiger partial charge in [0.2, 0.25) is 6.23 Å². The molecule has 1 saturated heterocycles.